The topological polar surface area (TPSA) is 35.5 Å². The van der Waals surface area contributed by atoms with E-state index in [1.807, 2.05) is 0 Å². The molecule has 1 rings (SSSR count). The number of likely N-dealkylation sites (N-methyl/N-ethyl adjacent to an activating group) is 1. The van der Waals surface area contributed by atoms with Gasteiger partial charge in [0, 0.05) is 25.2 Å². The van der Waals surface area contributed by atoms with Crippen molar-refractivity contribution in [2.24, 2.45) is 0 Å². The third-order valence-electron chi connectivity index (χ3n) is 3.40. The van der Waals surface area contributed by atoms with Crippen molar-refractivity contribution in [2.75, 3.05) is 26.2 Å². The lowest BCUT2D eigenvalue weighted by Crippen LogP contribution is -2.43. The highest BCUT2D eigenvalue weighted by molar-refractivity contribution is 4.82. The van der Waals surface area contributed by atoms with Crippen LogP contribution in [-0.4, -0.2) is 48.3 Å². The predicted molar refractivity (Wildman–Crippen MR) is 64.1 cm³/mol. The van der Waals surface area contributed by atoms with Gasteiger partial charge in [-0.3, -0.25) is 4.90 Å². The molecule has 3 heteroatoms. The number of likely N-dealkylation sites (tertiary alicyclic amines) is 1. The Morgan fingerprint density at radius 3 is 2.87 bits per heavy atom. The normalized spacial score (nSPS) is 24.6. The van der Waals surface area contributed by atoms with Gasteiger partial charge in [-0.05, 0) is 38.8 Å². The quantitative estimate of drug-likeness (QED) is 0.669. The maximum atomic E-state index is 9.00. The average molecular weight is 214 g/mol. The molecule has 0 aromatic heterocycles. The van der Waals surface area contributed by atoms with E-state index < -0.39 is 0 Å². The summed E-state index contributed by atoms with van der Waals surface area (Å²) in [5.74, 6) is 0. The fourth-order valence-electron chi connectivity index (χ4n) is 2.58. The van der Waals surface area contributed by atoms with Gasteiger partial charge in [-0.25, -0.2) is 0 Å². The second-order valence-electron chi connectivity index (χ2n) is 4.47. The molecule has 2 N–H and O–H groups in total. The molecule has 0 saturated carbocycles. The Bertz CT molecular complexity index is 158. The molecule has 0 aromatic carbocycles. The smallest absolute Gasteiger partial charge is 0.0446 e. The van der Waals surface area contributed by atoms with Crippen LogP contribution < -0.4 is 5.32 Å². The first-order chi connectivity index (χ1) is 7.31. The summed E-state index contributed by atoms with van der Waals surface area (Å²) < 4.78 is 0. The summed E-state index contributed by atoms with van der Waals surface area (Å²) in [6, 6.07) is 1.25. The Labute approximate surface area is 93.9 Å². The summed E-state index contributed by atoms with van der Waals surface area (Å²) in [4.78, 5) is 2.59. The van der Waals surface area contributed by atoms with Crippen molar-refractivity contribution in [1.29, 1.82) is 0 Å². The number of nitrogens with one attached hydrogen (secondary N) is 1. The number of hydrogen-bond acceptors (Lipinski definition) is 3. The van der Waals surface area contributed by atoms with E-state index in [9.17, 15) is 0 Å². The standard InChI is InChI=1S/C12H26N2O/c1-3-12-6-5-8-14(12)10-11(7-9-15)13-4-2/h11-13,15H,3-10H2,1-2H3. The van der Waals surface area contributed by atoms with Gasteiger partial charge in [-0.2, -0.15) is 0 Å². The van der Waals surface area contributed by atoms with Crippen LogP contribution in [0.2, 0.25) is 0 Å². The fraction of sp³-hybridized carbons (Fsp3) is 1.00. The number of rotatable bonds is 7. The van der Waals surface area contributed by atoms with Crippen molar-refractivity contribution in [3.05, 3.63) is 0 Å². The van der Waals surface area contributed by atoms with Crippen LogP contribution in [0, 0.1) is 0 Å². The molecule has 0 amide bonds. The highest BCUT2D eigenvalue weighted by atomic mass is 16.3. The van der Waals surface area contributed by atoms with Crippen LogP contribution in [0.5, 0.6) is 0 Å². The third kappa shape index (κ3) is 4.09. The Morgan fingerprint density at radius 1 is 1.47 bits per heavy atom. The van der Waals surface area contributed by atoms with Gasteiger partial charge in [0.1, 0.15) is 0 Å². The van der Waals surface area contributed by atoms with E-state index in [1.54, 1.807) is 0 Å². The van der Waals surface area contributed by atoms with Crippen LogP contribution in [-0.2, 0) is 0 Å². The first-order valence-electron chi connectivity index (χ1n) is 6.40. The zero-order chi connectivity index (χ0) is 11.1. The zero-order valence-electron chi connectivity index (χ0n) is 10.2. The van der Waals surface area contributed by atoms with Gasteiger partial charge < -0.3 is 10.4 Å². The molecule has 0 aromatic rings. The Hall–Kier alpha value is -0.120. The van der Waals surface area contributed by atoms with E-state index >= 15 is 0 Å². The number of hydrogen-bond donors (Lipinski definition) is 2. The lowest BCUT2D eigenvalue weighted by molar-refractivity contribution is 0.195. The molecule has 2 unspecified atom stereocenters. The Kier molecular flexibility index (Phi) is 6.22. The van der Waals surface area contributed by atoms with Crippen molar-refractivity contribution in [3.8, 4) is 0 Å². The maximum Gasteiger partial charge on any atom is 0.0446 e. The van der Waals surface area contributed by atoms with E-state index in [2.05, 4.69) is 24.1 Å². The summed E-state index contributed by atoms with van der Waals surface area (Å²) in [6.45, 7) is 8.04. The molecule has 2 atom stereocenters. The summed E-state index contributed by atoms with van der Waals surface area (Å²) in [6.07, 6.45) is 4.84. The van der Waals surface area contributed by atoms with Gasteiger partial charge in [0.2, 0.25) is 0 Å². The molecular weight excluding hydrogens is 188 g/mol. The van der Waals surface area contributed by atoms with Crippen molar-refractivity contribution < 1.29 is 5.11 Å². The summed E-state index contributed by atoms with van der Waals surface area (Å²) in [7, 11) is 0. The average Bonchev–Trinajstić information content (AvgIpc) is 2.66. The van der Waals surface area contributed by atoms with Gasteiger partial charge in [0.25, 0.3) is 0 Å². The van der Waals surface area contributed by atoms with Gasteiger partial charge >= 0.3 is 0 Å². The molecule has 90 valence electrons. The molecule has 1 aliphatic rings. The number of aliphatic hydroxyl groups is 1. The summed E-state index contributed by atoms with van der Waals surface area (Å²) >= 11 is 0. The van der Waals surface area contributed by atoms with Crippen molar-refractivity contribution >= 4 is 0 Å². The number of nitrogens with zero attached hydrogens (tertiary/aromatic N) is 1. The van der Waals surface area contributed by atoms with Crippen molar-refractivity contribution in [1.82, 2.24) is 10.2 Å². The first kappa shape index (κ1) is 12.9. The molecule has 15 heavy (non-hydrogen) atoms. The second kappa shape index (κ2) is 7.20. The van der Waals surface area contributed by atoms with E-state index in [4.69, 9.17) is 5.11 Å². The summed E-state index contributed by atoms with van der Waals surface area (Å²) in [5.41, 5.74) is 0. The summed E-state index contributed by atoms with van der Waals surface area (Å²) in [5, 5.41) is 12.5. The maximum absolute atomic E-state index is 9.00. The van der Waals surface area contributed by atoms with Gasteiger partial charge in [-0.15, -0.1) is 0 Å². The lowest BCUT2D eigenvalue weighted by Gasteiger charge is -2.28. The van der Waals surface area contributed by atoms with Crippen LogP contribution in [0.15, 0.2) is 0 Å². The molecule has 1 aliphatic heterocycles. The second-order valence-corrected chi connectivity index (χ2v) is 4.47. The molecule has 0 bridgehead atoms. The predicted octanol–water partition coefficient (Wildman–Crippen LogP) is 1.22. The van der Waals surface area contributed by atoms with Gasteiger partial charge in [-0.1, -0.05) is 13.8 Å². The third-order valence-corrected chi connectivity index (χ3v) is 3.40. The Balaban J connectivity index is 2.35. The minimum Gasteiger partial charge on any atom is -0.396 e. The van der Waals surface area contributed by atoms with E-state index in [-0.39, 0.29) is 0 Å². The SMILES string of the molecule is CCNC(CCO)CN1CCCC1CC. The molecule has 0 aliphatic carbocycles. The minimum atomic E-state index is 0.294. The number of aliphatic hydroxyl groups excluding tert-OH is 1. The van der Waals surface area contributed by atoms with Crippen molar-refractivity contribution in [3.63, 3.8) is 0 Å². The monoisotopic (exact) mass is 214 g/mol. The molecule has 0 radical (unpaired) electrons. The van der Waals surface area contributed by atoms with Crippen molar-refractivity contribution in [2.45, 2.75) is 51.6 Å². The first-order valence-corrected chi connectivity index (χ1v) is 6.40. The zero-order valence-corrected chi connectivity index (χ0v) is 10.2. The highest BCUT2D eigenvalue weighted by Gasteiger charge is 2.24. The Morgan fingerprint density at radius 2 is 2.27 bits per heavy atom. The van der Waals surface area contributed by atoms with Crippen LogP contribution in [0.1, 0.15) is 39.5 Å². The molecular formula is C12H26N2O. The van der Waals surface area contributed by atoms with E-state index in [0.29, 0.717) is 12.6 Å². The van der Waals surface area contributed by atoms with Crippen LogP contribution in [0.3, 0.4) is 0 Å². The molecule has 1 heterocycles. The minimum absolute atomic E-state index is 0.294. The van der Waals surface area contributed by atoms with Gasteiger partial charge in [0.05, 0.1) is 0 Å². The molecule has 1 fully saturated rings. The van der Waals surface area contributed by atoms with Crippen LogP contribution in [0.25, 0.3) is 0 Å². The molecule has 1 saturated heterocycles. The fourth-order valence-corrected chi connectivity index (χ4v) is 2.58. The highest BCUT2D eigenvalue weighted by Crippen LogP contribution is 2.20. The van der Waals surface area contributed by atoms with E-state index in [1.165, 1.54) is 25.8 Å². The van der Waals surface area contributed by atoms with E-state index in [0.717, 1.165) is 25.6 Å². The van der Waals surface area contributed by atoms with Crippen LogP contribution >= 0.6 is 0 Å². The van der Waals surface area contributed by atoms with Gasteiger partial charge in [0.15, 0.2) is 0 Å². The lowest BCUT2D eigenvalue weighted by atomic mass is 10.1. The van der Waals surface area contributed by atoms with Crippen LogP contribution in [0.4, 0.5) is 0 Å². The molecule has 3 nitrogen and oxygen atoms in total. The molecule has 0 spiro atoms. The largest absolute Gasteiger partial charge is 0.396 e.